The second-order valence-electron chi connectivity index (χ2n) is 3.74. The molecule has 84 valence electrons. The van der Waals surface area contributed by atoms with Gasteiger partial charge in [0.15, 0.2) is 0 Å². The van der Waals surface area contributed by atoms with E-state index >= 15 is 0 Å². The van der Waals surface area contributed by atoms with Crippen molar-refractivity contribution in [2.75, 3.05) is 17.2 Å². The van der Waals surface area contributed by atoms with Crippen LogP contribution in [0.3, 0.4) is 0 Å². The predicted octanol–water partition coefficient (Wildman–Crippen LogP) is 1.97. The number of carbonyl (C=O) groups excluding carboxylic acids is 1. The average molecular weight is 282 g/mol. The number of anilines is 2. The summed E-state index contributed by atoms with van der Waals surface area (Å²) in [6.45, 7) is 4.34. The van der Waals surface area contributed by atoms with Gasteiger partial charge in [-0.3, -0.25) is 4.79 Å². The van der Waals surface area contributed by atoms with Crippen molar-refractivity contribution in [2.45, 2.75) is 6.42 Å². The number of carbonyl (C=O) groups is 1. The molecule has 4 nitrogen and oxygen atoms in total. The van der Waals surface area contributed by atoms with Gasteiger partial charge < -0.3 is 10.6 Å². The summed E-state index contributed by atoms with van der Waals surface area (Å²) in [4.78, 5) is 17.5. The predicted molar refractivity (Wildman–Crippen MR) is 67.0 cm³/mol. The van der Waals surface area contributed by atoms with Gasteiger partial charge in [0.05, 0.1) is 5.69 Å². The lowest BCUT2D eigenvalue weighted by molar-refractivity contribution is -0.117. The second-order valence-corrected chi connectivity index (χ2v) is 4.56. The Bertz CT molecular complexity index is 447. The van der Waals surface area contributed by atoms with E-state index in [1.165, 1.54) is 0 Å². The minimum atomic E-state index is 0.0701. The number of hydrogen-bond acceptors (Lipinski definition) is 3. The zero-order valence-corrected chi connectivity index (χ0v) is 10.3. The van der Waals surface area contributed by atoms with E-state index in [2.05, 4.69) is 27.5 Å². The molecule has 0 radical (unpaired) electrons. The van der Waals surface area contributed by atoms with Gasteiger partial charge in [-0.2, -0.15) is 0 Å². The van der Waals surface area contributed by atoms with Crippen LogP contribution < -0.4 is 10.6 Å². The molecule has 0 spiro atoms. The summed E-state index contributed by atoms with van der Waals surface area (Å²) in [6.07, 6.45) is 2.30. The second kappa shape index (κ2) is 4.25. The topological polar surface area (TPSA) is 59.2 Å². The van der Waals surface area contributed by atoms with Crippen LogP contribution in [0.4, 0.5) is 11.5 Å². The van der Waals surface area contributed by atoms with Crippen LogP contribution in [0.5, 0.6) is 0 Å². The van der Waals surface area contributed by atoms with Crippen LogP contribution in [-0.4, -0.2) is 17.4 Å². The maximum absolute atomic E-state index is 11.8. The Morgan fingerprint density at radius 3 is 2.94 bits per heavy atom. The highest BCUT2D eigenvalue weighted by atomic mass is 79.9. The molecule has 0 saturated carbocycles. The molecule has 1 aromatic heterocycles. The van der Waals surface area contributed by atoms with Crippen molar-refractivity contribution in [1.82, 2.24) is 4.98 Å². The molecule has 1 unspecified atom stereocenters. The summed E-state index contributed by atoms with van der Waals surface area (Å²) < 4.78 is 0.667. The summed E-state index contributed by atoms with van der Waals surface area (Å²) in [5.74, 6) is 0.642. The molecule has 0 bridgehead atoms. The van der Waals surface area contributed by atoms with Gasteiger partial charge >= 0.3 is 0 Å². The first-order valence-electron chi connectivity index (χ1n) is 4.96. The molecular weight excluding hydrogens is 270 g/mol. The van der Waals surface area contributed by atoms with Crippen LogP contribution >= 0.6 is 15.9 Å². The van der Waals surface area contributed by atoms with Crippen molar-refractivity contribution in [1.29, 1.82) is 0 Å². The minimum Gasteiger partial charge on any atom is -0.382 e. The van der Waals surface area contributed by atoms with E-state index in [9.17, 15) is 4.79 Å². The molecule has 1 aliphatic heterocycles. The average Bonchev–Trinajstić information content (AvgIpc) is 2.60. The smallest absolute Gasteiger partial charge is 0.227 e. The first-order chi connectivity index (χ1) is 7.61. The third-order valence-corrected chi connectivity index (χ3v) is 3.09. The zero-order chi connectivity index (χ0) is 11.7. The number of nitrogen functional groups attached to an aromatic ring is 1. The van der Waals surface area contributed by atoms with Crippen LogP contribution in [0.1, 0.15) is 6.42 Å². The highest BCUT2D eigenvalue weighted by Gasteiger charge is 2.30. The fourth-order valence-corrected chi connectivity index (χ4v) is 2.12. The Kier molecular flexibility index (Phi) is 2.96. The third kappa shape index (κ3) is 1.95. The van der Waals surface area contributed by atoms with Gasteiger partial charge in [-0.05, 0) is 28.1 Å². The van der Waals surface area contributed by atoms with Gasteiger partial charge in [-0.1, -0.05) is 6.08 Å². The zero-order valence-electron chi connectivity index (χ0n) is 8.69. The molecule has 1 aliphatic rings. The number of hydrogen-bond donors (Lipinski definition) is 1. The van der Waals surface area contributed by atoms with E-state index in [0.29, 0.717) is 29.1 Å². The number of nitrogens with two attached hydrogens (primary N) is 1. The molecule has 0 aromatic carbocycles. The van der Waals surface area contributed by atoms with E-state index in [-0.39, 0.29) is 11.8 Å². The Morgan fingerprint density at radius 2 is 2.38 bits per heavy atom. The number of halogens is 1. The van der Waals surface area contributed by atoms with E-state index in [1.807, 2.05) is 0 Å². The van der Waals surface area contributed by atoms with Gasteiger partial charge in [-0.15, -0.1) is 6.58 Å². The fourth-order valence-electron chi connectivity index (χ4n) is 1.80. The highest BCUT2D eigenvalue weighted by Crippen LogP contribution is 2.29. The van der Waals surface area contributed by atoms with Crippen molar-refractivity contribution >= 4 is 33.3 Å². The summed E-state index contributed by atoms with van der Waals surface area (Å²) in [7, 11) is 0. The van der Waals surface area contributed by atoms with Crippen molar-refractivity contribution in [3.63, 3.8) is 0 Å². The Hall–Kier alpha value is -1.36. The van der Waals surface area contributed by atoms with Crippen LogP contribution in [0.2, 0.25) is 0 Å². The van der Waals surface area contributed by atoms with E-state index in [0.717, 1.165) is 0 Å². The first-order valence-corrected chi connectivity index (χ1v) is 5.76. The number of rotatable bonds is 2. The van der Waals surface area contributed by atoms with Crippen molar-refractivity contribution in [2.24, 2.45) is 5.92 Å². The van der Waals surface area contributed by atoms with Crippen LogP contribution in [0.25, 0.3) is 0 Å². The largest absolute Gasteiger partial charge is 0.382 e. The lowest BCUT2D eigenvalue weighted by Gasteiger charge is -2.17. The van der Waals surface area contributed by atoms with Gasteiger partial charge in [-0.25, -0.2) is 4.98 Å². The Morgan fingerprint density at radius 1 is 1.62 bits per heavy atom. The lowest BCUT2D eigenvalue weighted by Crippen LogP contribution is -2.25. The molecule has 0 aliphatic carbocycles. The third-order valence-electron chi connectivity index (χ3n) is 2.65. The summed E-state index contributed by atoms with van der Waals surface area (Å²) in [6, 6.07) is 3.58. The maximum Gasteiger partial charge on any atom is 0.227 e. The minimum absolute atomic E-state index is 0.0701. The highest BCUT2D eigenvalue weighted by molar-refractivity contribution is 9.10. The van der Waals surface area contributed by atoms with Crippen molar-refractivity contribution < 1.29 is 4.79 Å². The lowest BCUT2D eigenvalue weighted by atomic mass is 10.1. The van der Waals surface area contributed by atoms with E-state index < -0.39 is 0 Å². The summed E-state index contributed by atoms with van der Waals surface area (Å²) >= 11 is 3.23. The number of pyridine rings is 1. The fraction of sp³-hybridized carbons (Fsp3) is 0.273. The Balaban J connectivity index is 2.31. The van der Waals surface area contributed by atoms with Gasteiger partial charge in [0.2, 0.25) is 5.91 Å². The normalized spacial score (nSPS) is 20.2. The summed E-state index contributed by atoms with van der Waals surface area (Å²) in [5, 5.41) is 0. The van der Waals surface area contributed by atoms with Crippen molar-refractivity contribution in [3.05, 3.63) is 29.4 Å². The molecule has 5 heteroatoms. The number of nitrogens with zero attached hydrogens (tertiary/aromatic N) is 2. The van der Waals surface area contributed by atoms with Gasteiger partial charge in [0, 0.05) is 18.9 Å². The molecule has 1 atom stereocenters. The number of aromatic nitrogens is 1. The SMILES string of the molecule is C=CC1CC(=O)N(c2ccc(Br)nc2N)C1. The van der Waals surface area contributed by atoms with Crippen LogP contribution in [0.15, 0.2) is 29.4 Å². The van der Waals surface area contributed by atoms with E-state index in [4.69, 9.17) is 5.73 Å². The molecule has 1 saturated heterocycles. The molecule has 1 amide bonds. The molecule has 2 heterocycles. The molecule has 1 fully saturated rings. The van der Waals surface area contributed by atoms with Crippen molar-refractivity contribution in [3.8, 4) is 0 Å². The monoisotopic (exact) mass is 281 g/mol. The molecule has 1 aromatic rings. The number of amides is 1. The maximum atomic E-state index is 11.8. The standard InChI is InChI=1S/C11H12BrN3O/c1-2-7-5-10(16)15(6-7)8-3-4-9(12)14-11(8)13/h2-4,7H,1,5-6H2,(H2,13,14). The Labute approximate surface area is 102 Å². The van der Waals surface area contributed by atoms with Crippen LogP contribution in [0, 0.1) is 5.92 Å². The molecule has 16 heavy (non-hydrogen) atoms. The molecule has 2 N–H and O–H groups in total. The first kappa shape index (κ1) is 11.1. The van der Waals surface area contributed by atoms with Gasteiger partial charge in [0.1, 0.15) is 10.4 Å². The summed E-state index contributed by atoms with van der Waals surface area (Å²) in [5.41, 5.74) is 6.47. The van der Waals surface area contributed by atoms with Crippen LogP contribution in [-0.2, 0) is 4.79 Å². The molecular formula is C11H12BrN3O. The molecule has 2 rings (SSSR count). The quantitative estimate of drug-likeness (QED) is 0.666. The van der Waals surface area contributed by atoms with Gasteiger partial charge in [0.25, 0.3) is 0 Å². The van der Waals surface area contributed by atoms with E-state index in [1.54, 1.807) is 23.1 Å².